The molecule has 0 spiro atoms. The van der Waals surface area contributed by atoms with E-state index < -0.39 is 0 Å². The van der Waals surface area contributed by atoms with Gasteiger partial charge in [0.2, 0.25) is 0 Å². The number of nitrogens with two attached hydrogens (primary N) is 1. The van der Waals surface area contributed by atoms with Crippen LogP contribution in [0.3, 0.4) is 0 Å². The summed E-state index contributed by atoms with van der Waals surface area (Å²) in [5.74, 6) is 0. The van der Waals surface area contributed by atoms with Crippen molar-refractivity contribution in [2.45, 2.75) is 31.3 Å². The Balaban J connectivity index is 2.16. The first-order chi connectivity index (χ1) is 5.38. The van der Waals surface area contributed by atoms with Crippen molar-refractivity contribution in [1.29, 1.82) is 0 Å². The highest BCUT2D eigenvalue weighted by Crippen LogP contribution is 2.27. The molecule has 2 rings (SSSR count). The van der Waals surface area contributed by atoms with Crippen molar-refractivity contribution in [2.75, 3.05) is 0 Å². The molecule has 1 aromatic rings. The molecule has 1 aliphatic rings. The molecule has 1 heterocycles. The predicted octanol–water partition coefficient (Wildman–Crippen LogP) is 0.935. The summed E-state index contributed by atoms with van der Waals surface area (Å²) < 4.78 is 2.12. The summed E-state index contributed by atoms with van der Waals surface area (Å²) >= 11 is 0. The van der Waals surface area contributed by atoms with Crippen LogP contribution in [0, 0.1) is 0 Å². The minimum absolute atomic E-state index is 0.337. The van der Waals surface area contributed by atoms with Crippen LogP contribution < -0.4 is 5.73 Å². The molecule has 60 valence electrons. The van der Waals surface area contributed by atoms with Crippen molar-refractivity contribution in [3.63, 3.8) is 0 Å². The Kier molecular flexibility index (Phi) is 1.66. The molecule has 11 heavy (non-hydrogen) atoms. The maximum absolute atomic E-state index is 5.92. The van der Waals surface area contributed by atoms with Crippen molar-refractivity contribution < 1.29 is 0 Å². The molecule has 1 saturated carbocycles. The van der Waals surface area contributed by atoms with E-state index in [-0.39, 0.29) is 0 Å². The van der Waals surface area contributed by atoms with Crippen molar-refractivity contribution in [2.24, 2.45) is 5.73 Å². The Labute approximate surface area is 66.2 Å². The quantitative estimate of drug-likeness (QED) is 0.649. The van der Waals surface area contributed by atoms with Gasteiger partial charge in [-0.2, -0.15) is 0 Å². The first kappa shape index (κ1) is 6.85. The van der Waals surface area contributed by atoms with E-state index in [9.17, 15) is 0 Å². The molecular formula is C8H13N3. The highest BCUT2D eigenvalue weighted by molar-refractivity contribution is 4.89. The van der Waals surface area contributed by atoms with Gasteiger partial charge in [0.15, 0.2) is 0 Å². The summed E-state index contributed by atoms with van der Waals surface area (Å²) in [7, 11) is 0. The lowest BCUT2D eigenvalue weighted by molar-refractivity contribution is 0.462. The number of rotatable bonds is 1. The van der Waals surface area contributed by atoms with Gasteiger partial charge in [-0.15, -0.1) is 0 Å². The minimum atomic E-state index is 0.337. The lowest BCUT2D eigenvalue weighted by atomic mass is 10.2. The molecule has 2 N–H and O–H groups in total. The van der Waals surface area contributed by atoms with Crippen LogP contribution in [0.15, 0.2) is 18.7 Å². The van der Waals surface area contributed by atoms with Crippen LogP contribution in [0.1, 0.15) is 25.3 Å². The summed E-state index contributed by atoms with van der Waals surface area (Å²) in [6.45, 7) is 0. The van der Waals surface area contributed by atoms with Crippen LogP contribution in [0.4, 0.5) is 0 Å². The smallest absolute Gasteiger partial charge is 0.0949 e. The van der Waals surface area contributed by atoms with Crippen LogP contribution in [0.2, 0.25) is 0 Å². The molecule has 1 aliphatic carbocycles. The number of aromatic nitrogens is 2. The largest absolute Gasteiger partial charge is 0.333 e. The van der Waals surface area contributed by atoms with Gasteiger partial charge in [0, 0.05) is 24.5 Å². The Morgan fingerprint density at radius 1 is 1.45 bits per heavy atom. The fourth-order valence-electron chi connectivity index (χ4n) is 1.80. The van der Waals surface area contributed by atoms with Gasteiger partial charge in [-0.05, 0) is 19.3 Å². The standard InChI is InChI=1S/C8H13N3/c9-7-2-1-3-8(7)11-5-4-10-6-11/h4-8H,1-3,9H2/t7-,8?/m0/s1. The minimum Gasteiger partial charge on any atom is -0.333 e. The van der Waals surface area contributed by atoms with Gasteiger partial charge in [-0.3, -0.25) is 0 Å². The van der Waals surface area contributed by atoms with Crippen molar-refractivity contribution >= 4 is 0 Å². The molecule has 1 unspecified atom stereocenters. The highest BCUT2D eigenvalue weighted by Gasteiger charge is 2.24. The van der Waals surface area contributed by atoms with Crippen molar-refractivity contribution in [3.05, 3.63) is 18.7 Å². The second-order valence-corrected chi connectivity index (χ2v) is 3.17. The van der Waals surface area contributed by atoms with Crippen LogP contribution in [0.25, 0.3) is 0 Å². The summed E-state index contributed by atoms with van der Waals surface area (Å²) in [6.07, 6.45) is 9.28. The fourth-order valence-corrected chi connectivity index (χ4v) is 1.80. The molecule has 0 aromatic carbocycles. The molecule has 0 aliphatic heterocycles. The monoisotopic (exact) mass is 151 g/mol. The Morgan fingerprint density at radius 3 is 2.91 bits per heavy atom. The number of imidazole rings is 1. The Hall–Kier alpha value is -0.830. The van der Waals surface area contributed by atoms with Crippen LogP contribution in [0.5, 0.6) is 0 Å². The van der Waals surface area contributed by atoms with E-state index in [2.05, 4.69) is 9.55 Å². The summed E-state index contributed by atoms with van der Waals surface area (Å²) in [5.41, 5.74) is 5.92. The van der Waals surface area contributed by atoms with Gasteiger partial charge >= 0.3 is 0 Å². The van der Waals surface area contributed by atoms with E-state index in [4.69, 9.17) is 5.73 Å². The average Bonchev–Trinajstić information content (AvgIpc) is 2.55. The fraction of sp³-hybridized carbons (Fsp3) is 0.625. The van der Waals surface area contributed by atoms with E-state index in [0.717, 1.165) is 6.42 Å². The van der Waals surface area contributed by atoms with Gasteiger partial charge < -0.3 is 10.3 Å². The summed E-state index contributed by atoms with van der Waals surface area (Å²) in [5, 5.41) is 0. The molecule has 1 fully saturated rings. The zero-order chi connectivity index (χ0) is 7.68. The number of hydrogen-bond donors (Lipinski definition) is 1. The normalized spacial score (nSPS) is 31.0. The van der Waals surface area contributed by atoms with E-state index in [0.29, 0.717) is 12.1 Å². The molecule has 3 heteroatoms. The van der Waals surface area contributed by atoms with E-state index in [1.165, 1.54) is 12.8 Å². The van der Waals surface area contributed by atoms with Crippen LogP contribution >= 0.6 is 0 Å². The molecule has 0 radical (unpaired) electrons. The van der Waals surface area contributed by atoms with E-state index in [1.54, 1.807) is 0 Å². The predicted molar refractivity (Wildman–Crippen MR) is 43.1 cm³/mol. The molecule has 1 aromatic heterocycles. The second-order valence-electron chi connectivity index (χ2n) is 3.17. The zero-order valence-electron chi connectivity index (χ0n) is 6.48. The highest BCUT2D eigenvalue weighted by atomic mass is 15.1. The molecule has 0 bridgehead atoms. The maximum atomic E-state index is 5.92. The van der Waals surface area contributed by atoms with Gasteiger partial charge in [0.1, 0.15) is 0 Å². The third-order valence-electron chi connectivity index (χ3n) is 2.44. The topological polar surface area (TPSA) is 43.8 Å². The lowest BCUT2D eigenvalue weighted by Gasteiger charge is -2.15. The first-order valence-electron chi connectivity index (χ1n) is 4.11. The summed E-state index contributed by atoms with van der Waals surface area (Å²) in [6, 6.07) is 0.835. The van der Waals surface area contributed by atoms with Crippen molar-refractivity contribution in [1.82, 2.24) is 9.55 Å². The Bertz CT molecular complexity index is 217. The van der Waals surface area contributed by atoms with Crippen LogP contribution in [-0.4, -0.2) is 15.6 Å². The second kappa shape index (κ2) is 2.66. The number of hydrogen-bond acceptors (Lipinski definition) is 2. The average molecular weight is 151 g/mol. The molecule has 0 amide bonds. The lowest BCUT2D eigenvalue weighted by Crippen LogP contribution is -2.26. The zero-order valence-corrected chi connectivity index (χ0v) is 6.48. The molecule has 0 saturated heterocycles. The van der Waals surface area contributed by atoms with E-state index >= 15 is 0 Å². The number of nitrogens with zero attached hydrogens (tertiary/aromatic N) is 2. The van der Waals surface area contributed by atoms with Crippen LogP contribution in [-0.2, 0) is 0 Å². The molecule has 2 atom stereocenters. The van der Waals surface area contributed by atoms with Gasteiger partial charge in [0.25, 0.3) is 0 Å². The molecule has 3 nitrogen and oxygen atoms in total. The first-order valence-corrected chi connectivity index (χ1v) is 4.11. The van der Waals surface area contributed by atoms with Gasteiger partial charge in [-0.25, -0.2) is 4.98 Å². The SMILES string of the molecule is N[C@H]1CCCC1n1ccnc1. The third-order valence-corrected chi connectivity index (χ3v) is 2.44. The summed E-state index contributed by atoms with van der Waals surface area (Å²) in [4.78, 5) is 4.01. The van der Waals surface area contributed by atoms with Crippen molar-refractivity contribution in [3.8, 4) is 0 Å². The Morgan fingerprint density at radius 2 is 2.36 bits per heavy atom. The van der Waals surface area contributed by atoms with Gasteiger partial charge in [-0.1, -0.05) is 0 Å². The third kappa shape index (κ3) is 1.16. The maximum Gasteiger partial charge on any atom is 0.0949 e. The van der Waals surface area contributed by atoms with Gasteiger partial charge in [0.05, 0.1) is 6.33 Å². The van der Waals surface area contributed by atoms with E-state index in [1.807, 2.05) is 18.7 Å². The molecular weight excluding hydrogens is 138 g/mol.